The lowest BCUT2D eigenvalue weighted by atomic mass is 9.90. The second kappa shape index (κ2) is 6.26. The minimum Gasteiger partial charge on any atom is -0.466 e. The Balaban J connectivity index is 3.17. The smallest absolute Gasteiger partial charge is 0.336 e. The van der Waals surface area contributed by atoms with Crippen LogP contribution >= 0.6 is 23.2 Å². The average molecular weight is 281 g/mol. The van der Waals surface area contributed by atoms with Crippen LogP contribution in [0.2, 0.25) is 0 Å². The Morgan fingerprint density at radius 2 is 1.65 bits per heavy atom. The van der Waals surface area contributed by atoms with Crippen LogP contribution in [0.25, 0.3) is 0 Å². The van der Waals surface area contributed by atoms with Crippen molar-refractivity contribution < 1.29 is 19.1 Å². The number of methoxy groups -OCH3 is 1. The average Bonchev–Trinajstić information content (AvgIpc) is 2.31. The Kier molecular flexibility index (Phi) is 5.28. The molecule has 0 fully saturated rings. The van der Waals surface area contributed by atoms with E-state index >= 15 is 0 Å². The van der Waals surface area contributed by atoms with E-state index in [0.717, 1.165) is 0 Å². The summed E-state index contributed by atoms with van der Waals surface area (Å²) in [4.78, 5) is 23.4. The van der Waals surface area contributed by atoms with Gasteiger partial charge in [0.15, 0.2) is 0 Å². The maximum absolute atomic E-state index is 11.8. The van der Waals surface area contributed by atoms with Gasteiger partial charge in [0, 0.05) is 0 Å². The van der Waals surface area contributed by atoms with Crippen LogP contribution < -0.4 is 0 Å². The minimum absolute atomic E-state index is 0.124. The summed E-state index contributed by atoms with van der Waals surface area (Å²) in [6, 6.07) is 0. The highest BCUT2D eigenvalue weighted by Gasteiger charge is 2.36. The van der Waals surface area contributed by atoms with Crippen molar-refractivity contribution in [2.45, 2.75) is 30.5 Å². The molecule has 0 aliphatic heterocycles. The van der Waals surface area contributed by atoms with Gasteiger partial charge in [0.1, 0.15) is 0 Å². The number of rotatable bonds is 3. The molecular weight excluding hydrogens is 267 g/mol. The summed E-state index contributed by atoms with van der Waals surface area (Å²) >= 11 is 12.1. The zero-order valence-electron chi connectivity index (χ0n) is 9.66. The maximum atomic E-state index is 11.8. The lowest BCUT2D eigenvalue weighted by Gasteiger charge is -2.25. The zero-order chi connectivity index (χ0) is 13.0. The van der Waals surface area contributed by atoms with E-state index in [9.17, 15) is 9.59 Å². The summed E-state index contributed by atoms with van der Waals surface area (Å²) in [7, 11) is 1.24. The summed E-state index contributed by atoms with van der Waals surface area (Å²) in [5.41, 5.74) is 0.255. The van der Waals surface area contributed by atoms with Crippen LogP contribution in [0, 0.1) is 0 Å². The maximum Gasteiger partial charge on any atom is 0.336 e. The molecule has 0 aromatic rings. The van der Waals surface area contributed by atoms with Crippen LogP contribution in [0.3, 0.4) is 0 Å². The second-order valence-electron chi connectivity index (χ2n) is 3.55. The number of ether oxygens (including phenoxy) is 2. The molecule has 4 nitrogen and oxygen atoms in total. The predicted octanol–water partition coefficient (Wildman–Crippen LogP) is 2.03. The molecule has 0 aromatic heterocycles. The van der Waals surface area contributed by atoms with Gasteiger partial charge in [-0.05, 0) is 19.8 Å². The van der Waals surface area contributed by atoms with Gasteiger partial charge in [-0.3, -0.25) is 0 Å². The summed E-state index contributed by atoms with van der Waals surface area (Å²) in [5.74, 6) is -1.23. The van der Waals surface area contributed by atoms with Crippen molar-refractivity contribution in [3.63, 3.8) is 0 Å². The molecule has 17 heavy (non-hydrogen) atoms. The number of hydrogen-bond acceptors (Lipinski definition) is 4. The molecule has 0 spiro atoms. The van der Waals surface area contributed by atoms with Crippen molar-refractivity contribution in [1.29, 1.82) is 0 Å². The quantitative estimate of drug-likeness (QED) is 0.586. The lowest BCUT2D eigenvalue weighted by molar-refractivity contribution is -0.141. The SMILES string of the molecule is CCOC(=O)C1=C(C(=O)OC)C(Cl)CCC1Cl. The highest BCUT2D eigenvalue weighted by molar-refractivity contribution is 6.30. The molecule has 6 heteroatoms. The molecule has 96 valence electrons. The molecule has 0 saturated heterocycles. The number of esters is 2. The van der Waals surface area contributed by atoms with Crippen molar-refractivity contribution >= 4 is 35.1 Å². The third-order valence-electron chi connectivity index (χ3n) is 2.49. The number of hydrogen-bond donors (Lipinski definition) is 0. The first-order chi connectivity index (χ1) is 8.02. The van der Waals surface area contributed by atoms with E-state index in [0.29, 0.717) is 12.8 Å². The van der Waals surface area contributed by atoms with Crippen molar-refractivity contribution in [2.24, 2.45) is 0 Å². The summed E-state index contributed by atoms with van der Waals surface area (Å²) < 4.78 is 9.50. The van der Waals surface area contributed by atoms with Gasteiger partial charge >= 0.3 is 11.9 Å². The van der Waals surface area contributed by atoms with E-state index in [1.54, 1.807) is 6.92 Å². The molecule has 1 aliphatic carbocycles. The Morgan fingerprint density at radius 3 is 2.06 bits per heavy atom. The second-order valence-corrected chi connectivity index (χ2v) is 4.61. The van der Waals surface area contributed by atoms with Crippen molar-refractivity contribution in [2.75, 3.05) is 13.7 Å². The Labute approximate surface area is 110 Å². The first kappa shape index (κ1) is 14.3. The monoisotopic (exact) mass is 280 g/mol. The first-order valence-corrected chi connectivity index (χ1v) is 6.17. The molecule has 0 amide bonds. The highest BCUT2D eigenvalue weighted by Crippen LogP contribution is 2.33. The Hall–Kier alpha value is -0.740. The summed E-state index contributed by atoms with van der Waals surface area (Å²) in [6.07, 6.45) is 1.06. The van der Waals surface area contributed by atoms with Gasteiger partial charge in [0.2, 0.25) is 0 Å². The number of carbonyl (C=O) groups excluding carboxylic acids is 2. The van der Waals surface area contributed by atoms with Gasteiger partial charge in [-0.25, -0.2) is 9.59 Å². The summed E-state index contributed by atoms with van der Waals surface area (Å²) in [5, 5.41) is -1.12. The van der Waals surface area contributed by atoms with Crippen LogP contribution in [-0.4, -0.2) is 36.4 Å². The standard InChI is InChI=1S/C11H14Cl2O4/c1-3-17-11(15)9-7(13)5-4-6(12)8(9)10(14)16-2/h6-7H,3-5H2,1-2H3. The number of alkyl halides is 2. The minimum atomic E-state index is -0.626. The van der Waals surface area contributed by atoms with Gasteiger partial charge in [0.05, 0.1) is 35.6 Å². The van der Waals surface area contributed by atoms with Gasteiger partial charge in [-0.2, -0.15) is 0 Å². The molecule has 0 saturated carbocycles. The molecule has 2 atom stereocenters. The molecule has 0 radical (unpaired) electrons. The van der Waals surface area contributed by atoms with Crippen LogP contribution in [0.4, 0.5) is 0 Å². The van der Waals surface area contributed by atoms with Gasteiger partial charge in [0.25, 0.3) is 0 Å². The third-order valence-corrected chi connectivity index (χ3v) is 3.36. The molecule has 0 aromatic carbocycles. The normalized spacial score (nSPS) is 24.5. The van der Waals surface area contributed by atoms with E-state index < -0.39 is 22.7 Å². The van der Waals surface area contributed by atoms with Crippen molar-refractivity contribution in [3.05, 3.63) is 11.1 Å². The van der Waals surface area contributed by atoms with E-state index in [4.69, 9.17) is 27.9 Å². The predicted molar refractivity (Wildman–Crippen MR) is 64.2 cm³/mol. The van der Waals surface area contributed by atoms with Gasteiger partial charge in [-0.15, -0.1) is 23.2 Å². The molecular formula is C11H14Cl2O4. The molecule has 2 unspecified atom stereocenters. The van der Waals surface area contributed by atoms with Crippen LogP contribution in [0.15, 0.2) is 11.1 Å². The first-order valence-electron chi connectivity index (χ1n) is 5.30. The Bertz CT molecular complexity index is 351. The largest absolute Gasteiger partial charge is 0.466 e. The zero-order valence-corrected chi connectivity index (χ0v) is 11.2. The van der Waals surface area contributed by atoms with Gasteiger partial charge in [-0.1, -0.05) is 0 Å². The van der Waals surface area contributed by atoms with Crippen LogP contribution in [0.5, 0.6) is 0 Å². The molecule has 0 heterocycles. The molecule has 0 bridgehead atoms. The number of carbonyl (C=O) groups is 2. The van der Waals surface area contributed by atoms with Crippen LogP contribution in [0.1, 0.15) is 19.8 Å². The van der Waals surface area contributed by atoms with Crippen molar-refractivity contribution in [1.82, 2.24) is 0 Å². The van der Waals surface area contributed by atoms with E-state index in [1.807, 2.05) is 0 Å². The van der Waals surface area contributed by atoms with E-state index in [-0.39, 0.29) is 17.8 Å². The number of halogens is 2. The topological polar surface area (TPSA) is 52.6 Å². The van der Waals surface area contributed by atoms with E-state index in [1.165, 1.54) is 7.11 Å². The molecule has 1 aliphatic rings. The lowest BCUT2D eigenvalue weighted by Crippen LogP contribution is -2.31. The fourth-order valence-electron chi connectivity index (χ4n) is 1.71. The van der Waals surface area contributed by atoms with Crippen LogP contribution in [-0.2, 0) is 19.1 Å². The summed E-state index contributed by atoms with van der Waals surface area (Å²) in [6.45, 7) is 1.90. The third kappa shape index (κ3) is 3.13. The fourth-order valence-corrected chi connectivity index (χ4v) is 2.38. The fraction of sp³-hybridized carbons (Fsp3) is 0.636. The van der Waals surface area contributed by atoms with Gasteiger partial charge < -0.3 is 9.47 Å². The van der Waals surface area contributed by atoms with E-state index in [2.05, 4.69) is 4.74 Å². The Morgan fingerprint density at radius 1 is 1.18 bits per heavy atom. The van der Waals surface area contributed by atoms with Crippen molar-refractivity contribution in [3.8, 4) is 0 Å². The molecule has 1 rings (SSSR count). The highest BCUT2D eigenvalue weighted by atomic mass is 35.5. The molecule has 0 N–H and O–H groups in total.